The van der Waals surface area contributed by atoms with Crippen molar-refractivity contribution in [3.05, 3.63) is 17.0 Å². The van der Waals surface area contributed by atoms with Gasteiger partial charge in [-0.2, -0.15) is 0 Å². The van der Waals surface area contributed by atoms with E-state index in [4.69, 9.17) is 5.73 Å². The minimum Gasteiger partial charge on any atom is -0.351 e. The van der Waals surface area contributed by atoms with Gasteiger partial charge < -0.3 is 10.6 Å². The van der Waals surface area contributed by atoms with Crippen LogP contribution in [-0.4, -0.2) is 29.1 Å². The van der Waals surface area contributed by atoms with Crippen molar-refractivity contribution in [2.45, 2.75) is 38.1 Å². The average molecular weight is 299 g/mol. The first-order chi connectivity index (χ1) is 8.33. The standard InChI is InChI=1S/C12H19BrN4/c13-11-8-15-9-16-12(11)17(7-6-14)10-4-2-1-3-5-10/h8-10H,1-7,14H2. The van der Waals surface area contributed by atoms with Crippen LogP contribution in [0.2, 0.25) is 0 Å². The predicted octanol–water partition coefficient (Wildman–Crippen LogP) is 2.34. The van der Waals surface area contributed by atoms with Gasteiger partial charge in [-0.1, -0.05) is 19.3 Å². The number of halogens is 1. The summed E-state index contributed by atoms with van der Waals surface area (Å²) >= 11 is 3.53. The highest BCUT2D eigenvalue weighted by Gasteiger charge is 2.23. The van der Waals surface area contributed by atoms with Gasteiger partial charge in [0.15, 0.2) is 0 Å². The summed E-state index contributed by atoms with van der Waals surface area (Å²) in [5.74, 6) is 0.984. The van der Waals surface area contributed by atoms with Gasteiger partial charge in [0.05, 0.1) is 4.47 Å². The van der Waals surface area contributed by atoms with Crippen LogP contribution in [0, 0.1) is 0 Å². The molecule has 17 heavy (non-hydrogen) atoms. The van der Waals surface area contributed by atoms with E-state index in [9.17, 15) is 0 Å². The fourth-order valence-corrected chi connectivity index (χ4v) is 2.96. The molecule has 0 saturated heterocycles. The van der Waals surface area contributed by atoms with Gasteiger partial charge in [-0.15, -0.1) is 0 Å². The van der Waals surface area contributed by atoms with Crippen LogP contribution in [0.15, 0.2) is 17.0 Å². The Kier molecular flexibility index (Phi) is 4.74. The highest BCUT2D eigenvalue weighted by atomic mass is 79.9. The zero-order chi connectivity index (χ0) is 12.1. The highest BCUT2D eigenvalue weighted by molar-refractivity contribution is 9.10. The summed E-state index contributed by atoms with van der Waals surface area (Å²) in [4.78, 5) is 10.7. The van der Waals surface area contributed by atoms with Crippen LogP contribution in [-0.2, 0) is 0 Å². The SMILES string of the molecule is NCCN(c1ncncc1Br)C1CCCCC1. The average Bonchev–Trinajstić information content (AvgIpc) is 2.38. The molecule has 0 unspecified atom stereocenters. The lowest BCUT2D eigenvalue weighted by atomic mass is 9.94. The topological polar surface area (TPSA) is 55.0 Å². The number of nitrogens with two attached hydrogens (primary N) is 1. The van der Waals surface area contributed by atoms with Crippen LogP contribution in [0.25, 0.3) is 0 Å². The fraction of sp³-hybridized carbons (Fsp3) is 0.667. The van der Waals surface area contributed by atoms with E-state index >= 15 is 0 Å². The summed E-state index contributed by atoms with van der Waals surface area (Å²) in [5.41, 5.74) is 5.72. The third kappa shape index (κ3) is 3.16. The van der Waals surface area contributed by atoms with Gasteiger partial charge in [-0.3, -0.25) is 0 Å². The Morgan fingerprint density at radius 1 is 1.35 bits per heavy atom. The maximum Gasteiger partial charge on any atom is 0.146 e. The van der Waals surface area contributed by atoms with Gasteiger partial charge in [0, 0.05) is 25.3 Å². The molecule has 0 aromatic carbocycles. The molecule has 1 heterocycles. The molecule has 94 valence electrons. The second-order valence-corrected chi connectivity index (χ2v) is 5.32. The van der Waals surface area contributed by atoms with Crippen molar-refractivity contribution in [3.63, 3.8) is 0 Å². The lowest BCUT2D eigenvalue weighted by molar-refractivity contribution is 0.413. The van der Waals surface area contributed by atoms with Crippen molar-refractivity contribution in [2.24, 2.45) is 5.73 Å². The van der Waals surface area contributed by atoms with Crippen molar-refractivity contribution < 1.29 is 0 Å². The molecular weight excluding hydrogens is 280 g/mol. The van der Waals surface area contributed by atoms with Gasteiger partial charge in [0.2, 0.25) is 0 Å². The summed E-state index contributed by atoms with van der Waals surface area (Å²) in [6.45, 7) is 1.52. The second-order valence-electron chi connectivity index (χ2n) is 4.47. The number of hydrogen-bond donors (Lipinski definition) is 1. The van der Waals surface area contributed by atoms with Crippen molar-refractivity contribution in [3.8, 4) is 0 Å². The molecule has 0 aliphatic heterocycles. The van der Waals surface area contributed by atoms with Crippen LogP contribution in [0.4, 0.5) is 5.82 Å². The molecule has 1 aliphatic carbocycles. The molecule has 1 aromatic heterocycles. The molecule has 0 spiro atoms. The predicted molar refractivity (Wildman–Crippen MR) is 73.0 cm³/mol. The van der Waals surface area contributed by atoms with E-state index in [0.717, 1.165) is 16.8 Å². The molecule has 0 atom stereocenters. The first-order valence-corrected chi connectivity index (χ1v) is 7.04. The Hall–Kier alpha value is -0.680. The quantitative estimate of drug-likeness (QED) is 0.927. The zero-order valence-corrected chi connectivity index (χ0v) is 11.6. The highest BCUT2D eigenvalue weighted by Crippen LogP contribution is 2.29. The van der Waals surface area contributed by atoms with E-state index in [1.807, 2.05) is 0 Å². The molecule has 5 heteroatoms. The van der Waals surface area contributed by atoms with Gasteiger partial charge in [0.1, 0.15) is 12.1 Å². The van der Waals surface area contributed by atoms with Gasteiger partial charge >= 0.3 is 0 Å². The molecule has 0 bridgehead atoms. The molecule has 2 N–H and O–H groups in total. The molecule has 0 amide bonds. The van der Waals surface area contributed by atoms with Crippen LogP contribution in [0.5, 0.6) is 0 Å². The molecular formula is C12H19BrN4. The molecule has 0 radical (unpaired) electrons. The Labute approximate surface area is 111 Å². The lowest BCUT2D eigenvalue weighted by Crippen LogP contribution is -2.40. The second kappa shape index (κ2) is 6.31. The fourth-order valence-electron chi connectivity index (χ4n) is 2.51. The molecule has 2 rings (SSSR count). The van der Waals surface area contributed by atoms with Crippen LogP contribution in [0.3, 0.4) is 0 Å². The Morgan fingerprint density at radius 2 is 2.12 bits per heavy atom. The number of hydrogen-bond acceptors (Lipinski definition) is 4. The summed E-state index contributed by atoms with van der Waals surface area (Å²) in [5, 5.41) is 0. The maximum absolute atomic E-state index is 5.72. The van der Waals surface area contributed by atoms with E-state index < -0.39 is 0 Å². The molecule has 1 aromatic rings. The number of aromatic nitrogens is 2. The third-order valence-corrected chi connectivity index (χ3v) is 3.87. The molecule has 1 saturated carbocycles. The smallest absolute Gasteiger partial charge is 0.146 e. The van der Waals surface area contributed by atoms with E-state index in [1.165, 1.54) is 32.1 Å². The van der Waals surface area contributed by atoms with E-state index in [1.54, 1.807) is 12.5 Å². The summed E-state index contributed by atoms with van der Waals surface area (Å²) in [7, 11) is 0. The number of rotatable bonds is 4. The van der Waals surface area contributed by atoms with Crippen molar-refractivity contribution in [2.75, 3.05) is 18.0 Å². The van der Waals surface area contributed by atoms with Gasteiger partial charge in [-0.25, -0.2) is 9.97 Å². The number of nitrogens with zero attached hydrogens (tertiary/aromatic N) is 3. The van der Waals surface area contributed by atoms with E-state index in [0.29, 0.717) is 12.6 Å². The van der Waals surface area contributed by atoms with Gasteiger partial charge in [-0.05, 0) is 28.8 Å². The minimum absolute atomic E-state index is 0.582. The Bertz CT molecular complexity index is 352. The lowest BCUT2D eigenvalue weighted by Gasteiger charge is -2.35. The van der Waals surface area contributed by atoms with Crippen molar-refractivity contribution in [1.29, 1.82) is 0 Å². The Balaban J connectivity index is 2.18. The van der Waals surface area contributed by atoms with Crippen LogP contribution < -0.4 is 10.6 Å². The van der Waals surface area contributed by atoms with Crippen molar-refractivity contribution >= 4 is 21.7 Å². The largest absolute Gasteiger partial charge is 0.351 e. The summed E-state index contributed by atoms with van der Waals surface area (Å²) in [6, 6.07) is 0.582. The van der Waals surface area contributed by atoms with Crippen LogP contribution >= 0.6 is 15.9 Å². The summed E-state index contributed by atoms with van der Waals surface area (Å²) in [6.07, 6.45) is 9.88. The number of anilines is 1. The van der Waals surface area contributed by atoms with E-state index in [-0.39, 0.29) is 0 Å². The summed E-state index contributed by atoms with van der Waals surface area (Å²) < 4.78 is 0.957. The molecule has 1 fully saturated rings. The Morgan fingerprint density at radius 3 is 2.76 bits per heavy atom. The van der Waals surface area contributed by atoms with Crippen LogP contribution in [0.1, 0.15) is 32.1 Å². The molecule has 4 nitrogen and oxygen atoms in total. The monoisotopic (exact) mass is 298 g/mol. The first kappa shape index (κ1) is 12.8. The normalized spacial score (nSPS) is 17.1. The van der Waals surface area contributed by atoms with E-state index in [2.05, 4.69) is 30.8 Å². The van der Waals surface area contributed by atoms with Crippen molar-refractivity contribution in [1.82, 2.24) is 9.97 Å². The molecule has 1 aliphatic rings. The van der Waals surface area contributed by atoms with Gasteiger partial charge in [0.25, 0.3) is 0 Å². The third-order valence-electron chi connectivity index (χ3n) is 3.31. The maximum atomic E-state index is 5.72. The first-order valence-electron chi connectivity index (χ1n) is 6.25. The zero-order valence-electron chi connectivity index (χ0n) is 9.98. The minimum atomic E-state index is 0.582.